The molecule has 3 N–H and O–H groups in total. The summed E-state index contributed by atoms with van der Waals surface area (Å²) in [6, 6.07) is 9.35. The molecule has 0 amide bonds. The molecular weight excluding hydrogens is 412 g/mol. The van der Waals surface area contributed by atoms with Crippen LogP contribution in [-0.4, -0.2) is 38.6 Å². The van der Waals surface area contributed by atoms with Gasteiger partial charge in [-0.25, -0.2) is 5.43 Å². The lowest BCUT2D eigenvalue weighted by Gasteiger charge is -2.06. The molecule has 2 heterocycles. The summed E-state index contributed by atoms with van der Waals surface area (Å²) in [7, 11) is 1.48. The number of methoxy groups -OCH3 is 1. The zero-order valence-electron chi connectivity index (χ0n) is 14.5. The van der Waals surface area contributed by atoms with E-state index in [9.17, 15) is 5.11 Å². The van der Waals surface area contributed by atoms with Gasteiger partial charge in [-0.2, -0.15) is 10.1 Å². The van der Waals surface area contributed by atoms with E-state index in [0.717, 1.165) is 20.9 Å². The van der Waals surface area contributed by atoms with E-state index in [1.807, 2.05) is 25.1 Å². The molecule has 27 heavy (non-hydrogen) atoms. The molecule has 4 aromatic rings. The van der Waals surface area contributed by atoms with Gasteiger partial charge in [-0.05, 0) is 24.6 Å². The van der Waals surface area contributed by atoms with Crippen LogP contribution in [0.1, 0.15) is 11.1 Å². The topological polar surface area (TPSA) is 108 Å². The molecule has 0 aliphatic rings. The van der Waals surface area contributed by atoms with E-state index in [2.05, 4.69) is 46.6 Å². The third kappa shape index (κ3) is 3.17. The molecule has 0 unspecified atom stereocenters. The van der Waals surface area contributed by atoms with Gasteiger partial charge in [-0.1, -0.05) is 34.1 Å². The van der Waals surface area contributed by atoms with Crippen molar-refractivity contribution in [2.45, 2.75) is 6.92 Å². The maximum absolute atomic E-state index is 10.1. The molecule has 0 aliphatic carbocycles. The Labute approximate surface area is 162 Å². The summed E-state index contributed by atoms with van der Waals surface area (Å²) < 4.78 is 5.87. The van der Waals surface area contributed by atoms with Crippen LogP contribution >= 0.6 is 15.9 Å². The van der Waals surface area contributed by atoms with Crippen LogP contribution in [0.15, 0.2) is 39.9 Å². The highest BCUT2D eigenvalue weighted by Crippen LogP contribution is 2.32. The van der Waals surface area contributed by atoms with Crippen molar-refractivity contribution in [2.75, 3.05) is 12.5 Å². The normalized spacial score (nSPS) is 11.5. The van der Waals surface area contributed by atoms with Crippen molar-refractivity contribution in [2.24, 2.45) is 5.10 Å². The van der Waals surface area contributed by atoms with Crippen LogP contribution in [0.5, 0.6) is 11.5 Å². The number of hydrazone groups is 1. The molecule has 0 atom stereocenters. The van der Waals surface area contributed by atoms with Crippen LogP contribution in [0, 0.1) is 6.92 Å². The van der Waals surface area contributed by atoms with E-state index in [1.54, 1.807) is 12.1 Å². The number of H-pyrrole nitrogens is 1. The van der Waals surface area contributed by atoms with Gasteiger partial charge in [-0.15, -0.1) is 10.2 Å². The van der Waals surface area contributed by atoms with Gasteiger partial charge >= 0.3 is 0 Å². The van der Waals surface area contributed by atoms with Crippen LogP contribution in [0.4, 0.5) is 5.95 Å². The molecule has 0 radical (unpaired) electrons. The number of benzene rings is 2. The predicted octanol–water partition coefficient (Wildman–Crippen LogP) is 3.74. The molecule has 4 rings (SSSR count). The second-order valence-electron chi connectivity index (χ2n) is 5.87. The fourth-order valence-electron chi connectivity index (χ4n) is 2.80. The number of phenols is 1. The molecule has 136 valence electrons. The SMILES string of the molecule is COc1cc(Br)cc(/C=N\Nc2nnc3c(n2)[nH]c2c(C)cccc23)c1O. The van der Waals surface area contributed by atoms with Gasteiger partial charge in [0.15, 0.2) is 17.1 Å². The van der Waals surface area contributed by atoms with Crippen molar-refractivity contribution in [3.05, 3.63) is 45.9 Å². The zero-order chi connectivity index (χ0) is 19.0. The maximum Gasteiger partial charge on any atom is 0.265 e. The van der Waals surface area contributed by atoms with E-state index in [0.29, 0.717) is 22.5 Å². The number of anilines is 1. The minimum absolute atomic E-state index is 0.00756. The summed E-state index contributed by atoms with van der Waals surface area (Å²) >= 11 is 3.36. The molecule has 0 aliphatic heterocycles. The minimum Gasteiger partial charge on any atom is -0.504 e. The van der Waals surface area contributed by atoms with E-state index in [4.69, 9.17) is 4.74 Å². The summed E-state index contributed by atoms with van der Waals surface area (Å²) in [5, 5.41) is 23.5. The number of aryl methyl sites for hydroxylation is 1. The van der Waals surface area contributed by atoms with Crippen LogP contribution < -0.4 is 10.2 Å². The summed E-state index contributed by atoms with van der Waals surface area (Å²) in [6.07, 6.45) is 1.45. The first-order chi connectivity index (χ1) is 13.1. The van der Waals surface area contributed by atoms with Gasteiger partial charge in [0, 0.05) is 15.4 Å². The number of aromatic amines is 1. The van der Waals surface area contributed by atoms with Gasteiger partial charge < -0.3 is 14.8 Å². The van der Waals surface area contributed by atoms with E-state index in [-0.39, 0.29) is 11.7 Å². The van der Waals surface area contributed by atoms with Crippen molar-refractivity contribution in [1.29, 1.82) is 0 Å². The maximum atomic E-state index is 10.1. The third-order valence-electron chi connectivity index (χ3n) is 4.12. The highest BCUT2D eigenvalue weighted by Gasteiger charge is 2.11. The molecule has 0 saturated heterocycles. The number of hydrogen-bond acceptors (Lipinski definition) is 7. The van der Waals surface area contributed by atoms with Gasteiger partial charge in [0.2, 0.25) is 0 Å². The highest BCUT2D eigenvalue weighted by molar-refractivity contribution is 9.10. The number of rotatable bonds is 4. The molecule has 2 aromatic heterocycles. The number of aromatic nitrogens is 4. The third-order valence-corrected chi connectivity index (χ3v) is 4.57. The first kappa shape index (κ1) is 17.2. The standard InChI is InChI=1S/C18H15BrN6O2/c1-9-4-3-5-12-14(9)21-17-15(12)23-25-18(22-17)24-20-8-10-6-11(19)7-13(27-2)16(10)26/h3-8,26H,1-2H3,(H2,21,22,24,25)/b20-8-. The Hall–Kier alpha value is -3.20. The van der Waals surface area contributed by atoms with Crippen molar-refractivity contribution in [3.8, 4) is 11.5 Å². The number of phenolic OH excluding ortho intramolecular Hbond substituents is 1. The second kappa shape index (κ2) is 6.84. The first-order valence-electron chi connectivity index (χ1n) is 8.04. The van der Waals surface area contributed by atoms with Crippen LogP contribution in [0.25, 0.3) is 22.1 Å². The van der Waals surface area contributed by atoms with Gasteiger partial charge in [0.05, 0.1) is 18.8 Å². The molecule has 2 aromatic carbocycles. The zero-order valence-corrected chi connectivity index (χ0v) is 16.1. The van der Waals surface area contributed by atoms with Crippen molar-refractivity contribution in [3.63, 3.8) is 0 Å². The fourth-order valence-corrected chi connectivity index (χ4v) is 3.25. The number of aromatic hydroxyl groups is 1. The molecule has 9 heteroatoms. The van der Waals surface area contributed by atoms with E-state index in [1.165, 1.54) is 13.3 Å². The first-order valence-corrected chi connectivity index (χ1v) is 8.83. The molecule has 0 spiro atoms. The smallest absolute Gasteiger partial charge is 0.265 e. The monoisotopic (exact) mass is 426 g/mol. The predicted molar refractivity (Wildman–Crippen MR) is 108 cm³/mol. The molecular formula is C18H15BrN6O2. The lowest BCUT2D eigenvalue weighted by molar-refractivity contribution is 0.373. The average Bonchev–Trinajstić information content (AvgIpc) is 3.03. The van der Waals surface area contributed by atoms with Gasteiger partial charge in [0.25, 0.3) is 5.95 Å². The van der Waals surface area contributed by atoms with Crippen LogP contribution in [-0.2, 0) is 0 Å². The number of halogens is 1. The number of nitrogens with one attached hydrogen (secondary N) is 2. The Balaban J connectivity index is 1.63. The van der Waals surface area contributed by atoms with Crippen molar-refractivity contribution >= 4 is 50.2 Å². The molecule has 0 bridgehead atoms. The van der Waals surface area contributed by atoms with Gasteiger partial charge in [0.1, 0.15) is 5.52 Å². The Bertz CT molecular complexity index is 1190. The average molecular weight is 427 g/mol. The highest BCUT2D eigenvalue weighted by atomic mass is 79.9. The Morgan fingerprint density at radius 2 is 2.15 bits per heavy atom. The van der Waals surface area contributed by atoms with Crippen molar-refractivity contribution < 1.29 is 9.84 Å². The minimum atomic E-state index is -0.00756. The molecule has 0 saturated carbocycles. The van der Waals surface area contributed by atoms with Crippen LogP contribution in [0.3, 0.4) is 0 Å². The summed E-state index contributed by atoms with van der Waals surface area (Å²) in [4.78, 5) is 7.67. The Morgan fingerprint density at radius 1 is 1.30 bits per heavy atom. The molecule has 8 nitrogen and oxygen atoms in total. The number of nitrogens with zero attached hydrogens (tertiary/aromatic N) is 4. The number of fused-ring (bicyclic) bond motifs is 3. The Kier molecular flexibility index (Phi) is 4.36. The van der Waals surface area contributed by atoms with Crippen molar-refractivity contribution in [1.82, 2.24) is 20.2 Å². The summed E-state index contributed by atoms with van der Waals surface area (Å²) in [5.74, 6) is 0.579. The fraction of sp³-hybridized carbons (Fsp3) is 0.111. The number of ether oxygens (including phenoxy) is 1. The second-order valence-corrected chi connectivity index (χ2v) is 6.79. The summed E-state index contributed by atoms with van der Waals surface area (Å²) in [6.45, 7) is 2.02. The largest absolute Gasteiger partial charge is 0.504 e. The Morgan fingerprint density at radius 3 is 2.96 bits per heavy atom. The van der Waals surface area contributed by atoms with E-state index >= 15 is 0 Å². The lowest BCUT2D eigenvalue weighted by atomic mass is 10.1. The number of para-hydroxylation sites is 1. The van der Waals surface area contributed by atoms with Crippen LogP contribution in [0.2, 0.25) is 0 Å². The lowest BCUT2D eigenvalue weighted by Crippen LogP contribution is -1.99. The molecule has 0 fully saturated rings. The summed E-state index contributed by atoms with van der Waals surface area (Å²) in [5.41, 5.74) is 6.63. The van der Waals surface area contributed by atoms with E-state index < -0.39 is 0 Å². The number of hydrogen-bond donors (Lipinski definition) is 3. The quantitative estimate of drug-likeness (QED) is 0.338. The van der Waals surface area contributed by atoms with Gasteiger partial charge in [-0.3, -0.25) is 0 Å².